The largest absolute Gasteiger partial charge is 0.372 e. The Bertz CT molecular complexity index is 977. The van der Waals surface area contributed by atoms with Gasteiger partial charge < -0.3 is 15.1 Å². The molecule has 0 aromatic heterocycles. The Morgan fingerprint density at radius 1 is 0.931 bits per heavy atom. The van der Waals surface area contributed by atoms with Crippen LogP contribution in [0.2, 0.25) is 0 Å². The predicted molar refractivity (Wildman–Crippen MR) is 123 cm³/mol. The fourth-order valence-electron chi connectivity index (χ4n) is 3.95. The van der Waals surface area contributed by atoms with Crippen molar-refractivity contribution in [2.45, 2.75) is 32.2 Å². The van der Waals surface area contributed by atoms with Crippen molar-refractivity contribution < 1.29 is 4.79 Å². The summed E-state index contributed by atoms with van der Waals surface area (Å²) in [5.74, 6) is -0.00798. The average Bonchev–Trinajstić information content (AvgIpc) is 2.78. The maximum Gasteiger partial charge on any atom is 0.246 e. The molecule has 29 heavy (non-hydrogen) atoms. The summed E-state index contributed by atoms with van der Waals surface area (Å²) in [7, 11) is 1.97. The Balaban J connectivity index is 1.41. The number of fused-ring (bicyclic) bond motifs is 1. The number of likely N-dealkylation sites (N-methyl/N-ethyl adjacent to an activating group) is 1. The molecule has 3 aromatic carbocycles. The summed E-state index contributed by atoms with van der Waals surface area (Å²) in [5.41, 5.74) is 3.12. The van der Waals surface area contributed by atoms with Crippen molar-refractivity contribution in [3.05, 3.63) is 66.7 Å². The summed E-state index contributed by atoms with van der Waals surface area (Å²) >= 11 is 0. The molecule has 1 fully saturated rings. The fraction of sp³-hybridized carbons (Fsp3) is 0.320. The Morgan fingerprint density at radius 3 is 2.34 bits per heavy atom. The third-order valence-corrected chi connectivity index (χ3v) is 5.96. The molecule has 1 saturated heterocycles. The third-order valence-electron chi connectivity index (χ3n) is 5.96. The molecule has 1 amide bonds. The summed E-state index contributed by atoms with van der Waals surface area (Å²) in [5, 5.41) is 5.44. The molecule has 4 heteroatoms. The minimum atomic E-state index is -0.280. The van der Waals surface area contributed by atoms with Gasteiger partial charge in [-0.3, -0.25) is 4.79 Å². The zero-order valence-electron chi connectivity index (χ0n) is 17.3. The van der Waals surface area contributed by atoms with E-state index >= 15 is 0 Å². The van der Waals surface area contributed by atoms with Gasteiger partial charge in [0.05, 0.1) is 0 Å². The van der Waals surface area contributed by atoms with Gasteiger partial charge in [-0.15, -0.1) is 0 Å². The van der Waals surface area contributed by atoms with E-state index < -0.39 is 0 Å². The Kier molecular flexibility index (Phi) is 5.70. The summed E-state index contributed by atoms with van der Waals surface area (Å²) < 4.78 is 0. The lowest BCUT2D eigenvalue weighted by Gasteiger charge is -2.29. The van der Waals surface area contributed by atoms with Crippen LogP contribution in [-0.4, -0.2) is 32.1 Å². The lowest BCUT2D eigenvalue weighted by atomic mass is 10.1. The first-order chi connectivity index (χ1) is 14.1. The number of hydrogen-bond acceptors (Lipinski definition) is 3. The van der Waals surface area contributed by atoms with Gasteiger partial charge in [-0.25, -0.2) is 0 Å². The molecule has 1 unspecified atom stereocenters. The quantitative estimate of drug-likeness (QED) is 0.646. The Morgan fingerprint density at radius 2 is 1.62 bits per heavy atom. The molecule has 0 saturated carbocycles. The molecule has 0 spiro atoms. The molecule has 0 aliphatic carbocycles. The van der Waals surface area contributed by atoms with Crippen LogP contribution < -0.4 is 15.1 Å². The standard InChI is InChI=1S/C25H29N3O/c1-19(27(2)24-13-10-20-8-4-5-9-21(20)18-24)25(29)26-22-11-14-23(15-12-22)28-16-6-3-7-17-28/h4-5,8-15,18-19H,3,6-7,16-17H2,1-2H3,(H,26,29). The van der Waals surface area contributed by atoms with Gasteiger partial charge in [0.2, 0.25) is 5.91 Å². The molecule has 4 nitrogen and oxygen atoms in total. The summed E-state index contributed by atoms with van der Waals surface area (Å²) in [6, 6.07) is 22.5. The Labute approximate surface area is 173 Å². The van der Waals surface area contributed by atoms with Crippen LogP contribution in [0.5, 0.6) is 0 Å². The first-order valence-electron chi connectivity index (χ1n) is 10.5. The van der Waals surface area contributed by atoms with Gasteiger partial charge in [0.1, 0.15) is 6.04 Å². The van der Waals surface area contributed by atoms with E-state index in [1.165, 1.54) is 35.7 Å². The van der Waals surface area contributed by atoms with E-state index in [1.807, 2.05) is 43.1 Å². The number of carbonyl (C=O) groups is 1. The van der Waals surface area contributed by atoms with Gasteiger partial charge >= 0.3 is 0 Å². The molecule has 1 heterocycles. The zero-order chi connectivity index (χ0) is 20.2. The molecular formula is C25H29N3O. The highest BCUT2D eigenvalue weighted by atomic mass is 16.2. The number of anilines is 3. The van der Waals surface area contributed by atoms with E-state index in [-0.39, 0.29) is 11.9 Å². The van der Waals surface area contributed by atoms with Crippen LogP contribution in [0.15, 0.2) is 66.7 Å². The molecule has 1 atom stereocenters. The van der Waals surface area contributed by atoms with Gasteiger partial charge in [-0.1, -0.05) is 30.3 Å². The van der Waals surface area contributed by atoms with Crippen molar-refractivity contribution in [1.29, 1.82) is 0 Å². The molecular weight excluding hydrogens is 358 g/mol. The highest BCUT2D eigenvalue weighted by Gasteiger charge is 2.19. The maximum atomic E-state index is 12.8. The molecule has 0 bridgehead atoms. The van der Waals surface area contributed by atoms with Crippen LogP contribution in [0.1, 0.15) is 26.2 Å². The number of nitrogens with one attached hydrogen (secondary N) is 1. The number of hydrogen-bond donors (Lipinski definition) is 1. The first kappa shape index (κ1) is 19.3. The number of carbonyl (C=O) groups excluding carboxylic acids is 1. The van der Waals surface area contributed by atoms with E-state index in [0.29, 0.717) is 0 Å². The summed E-state index contributed by atoms with van der Waals surface area (Å²) in [6.45, 7) is 4.19. The smallest absolute Gasteiger partial charge is 0.246 e. The van der Waals surface area contributed by atoms with E-state index in [2.05, 4.69) is 52.7 Å². The normalized spacial score (nSPS) is 15.2. The van der Waals surface area contributed by atoms with E-state index in [0.717, 1.165) is 24.5 Å². The molecule has 0 radical (unpaired) electrons. The van der Waals surface area contributed by atoms with Crippen LogP contribution in [0.3, 0.4) is 0 Å². The maximum absolute atomic E-state index is 12.8. The minimum Gasteiger partial charge on any atom is -0.372 e. The van der Waals surface area contributed by atoms with Crippen molar-refractivity contribution in [2.75, 3.05) is 35.3 Å². The van der Waals surface area contributed by atoms with E-state index in [9.17, 15) is 4.79 Å². The highest BCUT2D eigenvalue weighted by molar-refractivity contribution is 5.97. The number of piperidine rings is 1. The van der Waals surface area contributed by atoms with Crippen LogP contribution in [0, 0.1) is 0 Å². The first-order valence-corrected chi connectivity index (χ1v) is 10.5. The van der Waals surface area contributed by atoms with Gasteiger partial charge in [-0.2, -0.15) is 0 Å². The summed E-state index contributed by atoms with van der Waals surface area (Å²) in [4.78, 5) is 17.3. The molecule has 150 valence electrons. The van der Waals surface area contributed by atoms with Gasteiger partial charge in [0.25, 0.3) is 0 Å². The fourth-order valence-corrected chi connectivity index (χ4v) is 3.95. The monoisotopic (exact) mass is 387 g/mol. The second-order valence-corrected chi connectivity index (χ2v) is 7.90. The number of amides is 1. The van der Waals surface area contributed by atoms with Crippen LogP contribution in [-0.2, 0) is 4.79 Å². The van der Waals surface area contributed by atoms with Gasteiger partial charge in [0.15, 0.2) is 0 Å². The molecule has 1 aliphatic heterocycles. The van der Waals surface area contributed by atoms with Gasteiger partial charge in [0, 0.05) is 37.2 Å². The van der Waals surface area contributed by atoms with Crippen molar-refractivity contribution in [3.63, 3.8) is 0 Å². The van der Waals surface area contributed by atoms with Gasteiger partial charge in [-0.05, 0) is 73.4 Å². The zero-order valence-corrected chi connectivity index (χ0v) is 17.3. The number of benzene rings is 3. The predicted octanol–water partition coefficient (Wildman–Crippen LogP) is 5.29. The topological polar surface area (TPSA) is 35.6 Å². The highest BCUT2D eigenvalue weighted by Crippen LogP contribution is 2.24. The van der Waals surface area contributed by atoms with Crippen LogP contribution >= 0.6 is 0 Å². The second kappa shape index (κ2) is 8.56. The van der Waals surface area contributed by atoms with Crippen LogP contribution in [0.4, 0.5) is 17.1 Å². The van der Waals surface area contributed by atoms with Crippen molar-refractivity contribution in [1.82, 2.24) is 0 Å². The molecule has 1 N–H and O–H groups in total. The minimum absolute atomic E-state index is 0.00798. The van der Waals surface area contributed by atoms with Crippen LogP contribution in [0.25, 0.3) is 10.8 Å². The molecule has 1 aliphatic rings. The summed E-state index contributed by atoms with van der Waals surface area (Å²) in [6.07, 6.45) is 3.85. The van der Waals surface area contributed by atoms with E-state index in [1.54, 1.807) is 0 Å². The van der Waals surface area contributed by atoms with Crippen molar-refractivity contribution >= 4 is 33.7 Å². The number of rotatable bonds is 5. The number of nitrogens with zero attached hydrogens (tertiary/aromatic N) is 2. The molecule has 3 aromatic rings. The third kappa shape index (κ3) is 4.37. The Hall–Kier alpha value is -3.01. The molecule has 4 rings (SSSR count). The lowest BCUT2D eigenvalue weighted by Crippen LogP contribution is -2.39. The SMILES string of the molecule is CC(C(=O)Nc1ccc(N2CCCCC2)cc1)N(C)c1ccc2ccccc2c1. The second-order valence-electron chi connectivity index (χ2n) is 7.90. The average molecular weight is 388 g/mol. The van der Waals surface area contributed by atoms with Crippen molar-refractivity contribution in [3.8, 4) is 0 Å². The lowest BCUT2D eigenvalue weighted by molar-refractivity contribution is -0.117. The van der Waals surface area contributed by atoms with Crippen molar-refractivity contribution in [2.24, 2.45) is 0 Å². The van der Waals surface area contributed by atoms with E-state index in [4.69, 9.17) is 0 Å².